The van der Waals surface area contributed by atoms with Crippen LogP contribution in [-0.2, 0) is 6.54 Å². The lowest BCUT2D eigenvalue weighted by atomic mass is 9.97. The molecule has 6 rings (SSSR count). The summed E-state index contributed by atoms with van der Waals surface area (Å²) >= 11 is 0. The van der Waals surface area contributed by atoms with Crippen LogP contribution in [0.3, 0.4) is 0 Å². The van der Waals surface area contributed by atoms with Crippen molar-refractivity contribution >= 4 is 11.6 Å². The number of hydrogen-bond acceptors (Lipinski definition) is 3. The van der Waals surface area contributed by atoms with Gasteiger partial charge in [0, 0.05) is 61.8 Å². The van der Waals surface area contributed by atoms with Crippen molar-refractivity contribution in [2.75, 3.05) is 33.7 Å². The van der Waals surface area contributed by atoms with Gasteiger partial charge in [0.25, 0.3) is 5.91 Å². The van der Waals surface area contributed by atoms with Gasteiger partial charge in [0.1, 0.15) is 0 Å². The number of hydrogen-bond donors (Lipinski definition) is 0. The molecule has 7 nitrogen and oxygen atoms in total. The number of nitrogens with zero attached hydrogens (tertiary/aromatic N) is 6. The van der Waals surface area contributed by atoms with Crippen LogP contribution < -0.4 is 0 Å². The monoisotopic (exact) mass is 462 g/mol. The standard InChI is InChI=1S/C28H26N6O/c1-29-24-7-4-20(5-8-24)22-13-26-27-30-10-11-34(27)25-9-6-21(12-23(25)18-32(26)17-22)28(35)33-15-19(16-33)14-31(2)3/h4-13,17,19H,14-16,18H2,2-3H3. The van der Waals surface area contributed by atoms with E-state index in [1.807, 2.05) is 59.8 Å². The van der Waals surface area contributed by atoms with E-state index in [9.17, 15) is 4.79 Å². The number of amides is 1. The highest BCUT2D eigenvalue weighted by Gasteiger charge is 2.32. The van der Waals surface area contributed by atoms with E-state index in [4.69, 9.17) is 6.57 Å². The van der Waals surface area contributed by atoms with Crippen LogP contribution >= 0.6 is 0 Å². The van der Waals surface area contributed by atoms with Crippen molar-refractivity contribution in [2.45, 2.75) is 6.54 Å². The molecular weight excluding hydrogens is 436 g/mol. The first-order chi connectivity index (χ1) is 17.0. The topological polar surface area (TPSA) is 50.7 Å². The van der Waals surface area contributed by atoms with E-state index >= 15 is 0 Å². The lowest BCUT2D eigenvalue weighted by molar-refractivity contribution is 0.0450. The molecule has 2 aromatic heterocycles. The average Bonchev–Trinajstić information content (AvgIpc) is 3.45. The summed E-state index contributed by atoms with van der Waals surface area (Å²) in [5.74, 6) is 1.53. The summed E-state index contributed by atoms with van der Waals surface area (Å²) in [6, 6.07) is 15.8. The fourth-order valence-electron chi connectivity index (χ4n) is 5.22. The number of fused-ring (bicyclic) bond motifs is 5. The van der Waals surface area contributed by atoms with E-state index in [2.05, 4.69) is 50.2 Å². The Morgan fingerprint density at radius 2 is 1.91 bits per heavy atom. The molecule has 7 heteroatoms. The molecule has 1 saturated heterocycles. The Balaban J connectivity index is 1.33. The SMILES string of the molecule is [C-]#[N+]c1ccc(-c2cc3n(c2)Cc2cc(C(=O)N4CC(CN(C)C)C4)ccc2-n2ccnc2-3)cc1. The van der Waals surface area contributed by atoms with E-state index < -0.39 is 0 Å². The molecule has 0 saturated carbocycles. The molecule has 1 fully saturated rings. The van der Waals surface area contributed by atoms with Gasteiger partial charge in [-0.25, -0.2) is 9.83 Å². The number of benzene rings is 2. The van der Waals surface area contributed by atoms with Crippen molar-refractivity contribution in [1.29, 1.82) is 0 Å². The van der Waals surface area contributed by atoms with Crippen molar-refractivity contribution in [1.82, 2.24) is 23.9 Å². The molecule has 2 aliphatic heterocycles. The van der Waals surface area contributed by atoms with Gasteiger partial charge in [-0.05, 0) is 49.5 Å². The zero-order chi connectivity index (χ0) is 24.1. The highest BCUT2D eigenvalue weighted by molar-refractivity contribution is 5.95. The van der Waals surface area contributed by atoms with E-state index in [0.717, 1.165) is 59.1 Å². The van der Waals surface area contributed by atoms with Gasteiger partial charge < -0.3 is 14.4 Å². The van der Waals surface area contributed by atoms with E-state index in [0.29, 0.717) is 18.2 Å². The molecule has 0 N–H and O–H groups in total. The molecule has 0 unspecified atom stereocenters. The number of aromatic nitrogens is 3. The van der Waals surface area contributed by atoms with Crippen LogP contribution in [0, 0.1) is 12.5 Å². The third-order valence-electron chi connectivity index (χ3n) is 6.89. The van der Waals surface area contributed by atoms with E-state index in [-0.39, 0.29) is 5.91 Å². The summed E-state index contributed by atoms with van der Waals surface area (Å²) in [6.45, 7) is 10.5. The van der Waals surface area contributed by atoms with Gasteiger partial charge in [0.05, 0.1) is 18.0 Å². The molecule has 2 aromatic carbocycles. The van der Waals surface area contributed by atoms with Gasteiger partial charge in [0.2, 0.25) is 0 Å². The summed E-state index contributed by atoms with van der Waals surface area (Å²) in [6.07, 6.45) is 5.92. The van der Waals surface area contributed by atoms with Crippen LogP contribution in [0.2, 0.25) is 0 Å². The molecule has 0 spiro atoms. The molecule has 0 bridgehead atoms. The van der Waals surface area contributed by atoms with Crippen LogP contribution in [-0.4, -0.2) is 63.6 Å². The Kier molecular flexibility index (Phi) is 5.05. The highest BCUT2D eigenvalue weighted by atomic mass is 16.2. The Morgan fingerprint density at radius 1 is 1.11 bits per heavy atom. The molecule has 0 atom stereocenters. The maximum Gasteiger partial charge on any atom is 0.253 e. The molecular formula is C28H26N6O. The fraction of sp³-hybridized carbons (Fsp3) is 0.250. The first kappa shape index (κ1) is 21.4. The third kappa shape index (κ3) is 3.72. The van der Waals surface area contributed by atoms with Crippen molar-refractivity contribution < 1.29 is 4.79 Å². The van der Waals surface area contributed by atoms with Crippen molar-refractivity contribution in [3.63, 3.8) is 0 Å². The summed E-state index contributed by atoms with van der Waals surface area (Å²) in [5, 5.41) is 0. The Morgan fingerprint density at radius 3 is 2.66 bits per heavy atom. The zero-order valence-corrected chi connectivity index (χ0v) is 19.8. The number of carbonyl (C=O) groups excluding carboxylic acids is 1. The maximum absolute atomic E-state index is 13.2. The van der Waals surface area contributed by atoms with Crippen molar-refractivity contribution in [3.05, 3.63) is 89.7 Å². The van der Waals surface area contributed by atoms with Gasteiger partial charge in [-0.15, -0.1) is 0 Å². The molecule has 2 aliphatic rings. The first-order valence-electron chi connectivity index (χ1n) is 11.8. The predicted molar refractivity (Wildman–Crippen MR) is 136 cm³/mol. The van der Waals surface area contributed by atoms with E-state index in [1.165, 1.54) is 0 Å². The molecule has 0 aliphatic carbocycles. The minimum absolute atomic E-state index is 0.103. The lowest BCUT2D eigenvalue weighted by Crippen LogP contribution is -2.53. The zero-order valence-electron chi connectivity index (χ0n) is 19.8. The minimum Gasteiger partial charge on any atom is -0.340 e. The molecule has 35 heavy (non-hydrogen) atoms. The van der Waals surface area contributed by atoms with Gasteiger partial charge in [-0.1, -0.05) is 24.3 Å². The predicted octanol–water partition coefficient (Wildman–Crippen LogP) is 4.55. The lowest BCUT2D eigenvalue weighted by Gasteiger charge is -2.40. The van der Waals surface area contributed by atoms with Crippen LogP contribution in [0.4, 0.5) is 5.69 Å². The van der Waals surface area contributed by atoms with Gasteiger partial charge in [-0.3, -0.25) is 9.36 Å². The van der Waals surface area contributed by atoms with Crippen LogP contribution in [0.5, 0.6) is 0 Å². The van der Waals surface area contributed by atoms with Crippen LogP contribution in [0.25, 0.3) is 33.2 Å². The molecule has 0 radical (unpaired) electrons. The quantitative estimate of drug-likeness (QED) is 0.368. The third-order valence-corrected chi connectivity index (χ3v) is 6.89. The van der Waals surface area contributed by atoms with E-state index in [1.54, 1.807) is 0 Å². The molecule has 174 valence electrons. The van der Waals surface area contributed by atoms with Crippen LogP contribution in [0.1, 0.15) is 15.9 Å². The highest BCUT2D eigenvalue weighted by Crippen LogP contribution is 2.35. The van der Waals surface area contributed by atoms with Crippen molar-refractivity contribution in [2.24, 2.45) is 5.92 Å². The minimum atomic E-state index is 0.103. The van der Waals surface area contributed by atoms with Gasteiger partial charge in [-0.2, -0.15) is 0 Å². The fourth-order valence-corrected chi connectivity index (χ4v) is 5.22. The smallest absolute Gasteiger partial charge is 0.253 e. The Bertz CT molecular complexity index is 1460. The largest absolute Gasteiger partial charge is 0.340 e. The first-order valence-corrected chi connectivity index (χ1v) is 11.8. The average molecular weight is 463 g/mol. The number of carbonyl (C=O) groups is 1. The number of rotatable bonds is 4. The second-order valence-corrected chi connectivity index (χ2v) is 9.70. The maximum atomic E-state index is 13.2. The summed E-state index contributed by atoms with van der Waals surface area (Å²) in [5.41, 5.74) is 6.67. The second-order valence-electron chi connectivity index (χ2n) is 9.70. The van der Waals surface area contributed by atoms with Gasteiger partial charge >= 0.3 is 0 Å². The Labute approximate surface area is 204 Å². The van der Waals surface area contributed by atoms with Crippen LogP contribution in [0.15, 0.2) is 67.1 Å². The van der Waals surface area contributed by atoms with Gasteiger partial charge in [0.15, 0.2) is 11.5 Å². The summed E-state index contributed by atoms with van der Waals surface area (Å²) in [7, 11) is 4.15. The van der Waals surface area contributed by atoms with Crippen molar-refractivity contribution in [3.8, 4) is 28.3 Å². The second kappa shape index (κ2) is 8.26. The summed E-state index contributed by atoms with van der Waals surface area (Å²) in [4.78, 5) is 25.4. The summed E-state index contributed by atoms with van der Waals surface area (Å²) < 4.78 is 4.30. The normalized spacial score (nSPS) is 14.5. The molecule has 4 heterocycles. The number of imidazole rings is 1. The molecule has 4 aromatic rings. The Hall–Kier alpha value is -4.15. The molecule has 1 amide bonds. The number of likely N-dealkylation sites (tertiary alicyclic amines) is 1.